The zero-order valence-corrected chi connectivity index (χ0v) is 9.26. The Hall–Kier alpha value is -1.71. The van der Waals surface area contributed by atoms with Crippen molar-refractivity contribution in [3.05, 3.63) is 28.7 Å². The Balaban J connectivity index is 0.000000531. The highest BCUT2D eigenvalue weighted by atomic mass is 16.4. The van der Waals surface area contributed by atoms with Crippen molar-refractivity contribution in [1.82, 2.24) is 4.98 Å². The van der Waals surface area contributed by atoms with E-state index in [1.54, 1.807) is 6.07 Å². The molecule has 0 saturated carbocycles. The Morgan fingerprint density at radius 2 is 2.13 bits per heavy atom. The summed E-state index contributed by atoms with van der Waals surface area (Å²) in [5.41, 5.74) is 2.29. The Morgan fingerprint density at radius 3 is 2.80 bits per heavy atom. The van der Waals surface area contributed by atoms with Gasteiger partial charge in [-0.15, -0.1) is 0 Å². The molecule has 0 amide bonds. The standard InChI is InChI=1S/C9H10N2O2.C2H6/c1-2-10-6-3-4-8-7(5-6)11-9(12)13-8;1-2/h3-5,10H,2H2,1H3,(H,11,12);1-2H3. The number of fused-ring (bicyclic) bond motifs is 1. The van der Waals surface area contributed by atoms with Crippen LogP contribution in [0.1, 0.15) is 20.8 Å². The maximum atomic E-state index is 10.8. The lowest BCUT2D eigenvalue weighted by Crippen LogP contribution is -1.96. The van der Waals surface area contributed by atoms with Crippen molar-refractivity contribution in [1.29, 1.82) is 0 Å². The summed E-state index contributed by atoms with van der Waals surface area (Å²) in [5, 5.41) is 3.15. The molecule has 0 atom stereocenters. The lowest BCUT2D eigenvalue weighted by Gasteiger charge is -2.00. The number of aromatic nitrogens is 1. The van der Waals surface area contributed by atoms with Crippen molar-refractivity contribution in [2.75, 3.05) is 11.9 Å². The molecule has 0 aliphatic rings. The van der Waals surface area contributed by atoms with Crippen molar-refractivity contribution in [3.8, 4) is 0 Å². The maximum Gasteiger partial charge on any atom is 0.417 e. The van der Waals surface area contributed by atoms with Crippen LogP contribution in [-0.2, 0) is 0 Å². The van der Waals surface area contributed by atoms with Crippen LogP contribution in [0.5, 0.6) is 0 Å². The summed E-state index contributed by atoms with van der Waals surface area (Å²) in [6.07, 6.45) is 0. The zero-order valence-electron chi connectivity index (χ0n) is 9.26. The lowest BCUT2D eigenvalue weighted by atomic mass is 10.3. The van der Waals surface area contributed by atoms with Crippen LogP contribution >= 0.6 is 0 Å². The number of H-pyrrole nitrogens is 1. The van der Waals surface area contributed by atoms with Gasteiger partial charge in [0.05, 0.1) is 5.52 Å². The molecule has 1 aromatic carbocycles. The number of oxazole rings is 1. The second-order valence-electron chi connectivity index (χ2n) is 2.76. The molecule has 0 bridgehead atoms. The number of rotatable bonds is 2. The van der Waals surface area contributed by atoms with Gasteiger partial charge in [0.1, 0.15) is 0 Å². The summed E-state index contributed by atoms with van der Waals surface area (Å²) in [7, 11) is 0. The molecule has 4 nitrogen and oxygen atoms in total. The van der Waals surface area contributed by atoms with Gasteiger partial charge in [0, 0.05) is 12.2 Å². The minimum atomic E-state index is -0.413. The number of benzene rings is 1. The van der Waals surface area contributed by atoms with E-state index in [4.69, 9.17) is 4.42 Å². The van der Waals surface area contributed by atoms with Crippen LogP contribution < -0.4 is 11.1 Å². The second-order valence-corrected chi connectivity index (χ2v) is 2.76. The van der Waals surface area contributed by atoms with E-state index < -0.39 is 5.76 Å². The molecule has 0 unspecified atom stereocenters. The summed E-state index contributed by atoms with van der Waals surface area (Å²) in [5.74, 6) is -0.413. The third kappa shape index (κ3) is 2.62. The van der Waals surface area contributed by atoms with Gasteiger partial charge in [0.15, 0.2) is 5.58 Å². The van der Waals surface area contributed by atoms with E-state index in [0.29, 0.717) is 5.58 Å². The van der Waals surface area contributed by atoms with E-state index in [1.807, 2.05) is 32.9 Å². The highest BCUT2D eigenvalue weighted by molar-refractivity contribution is 5.76. The van der Waals surface area contributed by atoms with Gasteiger partial charge < -0.3 is 9.73 Å². The summed E-state index contributed by atoms with van der Waals surface area (Å²) >= 11 is 0. The molecule has 4 heteroatoms. The molecule has 0 spiro atoms. The van der Waals surface area contributed by atoms with Crippen LogP contribution in [0.3, 0.4) is 0 Å². The first-order valence-electron chi connectivity index (χ1n) is 5.16. The zero-order chi connectivity index (χ0) is 11.3. The van der Waals surface area contributed by atoms with Crippen molar-refractivity contribution in [2.24, 2.45) is 0 Å². The second kappa shape index (κ2) is 5.24. The SMILES string of the molecule is CC.CCNc1ccc2oc(=O)[nH]c2c1. The Labute approximate surface area is 88.3 Å². The average Bonchev–Trinajstić information content (AvgIpc) is 2.61. The van der Waals surface area contributed by atoms with Crippen molar-refractivity contribution in [3.63, 3.8) is 0 Å². The van der Waals surface area contributed by atoms with Crippen LogP contribution in [-0.4, -0.2) is 11.5 Å². The summed E-state index contributed by atoms with van der Waals surface area (Å²) in [4.78, 5) is 13.4. The number of hydrogen-bond acceptors (Lipinski definition) is 3. The van der Waals surface area contributed by atoms with Crippen LogP contribution in [0.4, 0.5) is 5.69 Å². The molecule has 2 aromatic rings. The Morgan fingerprint density at radius 1 is 1.40 bits per heavy atom. The van der Waals surface area contributed by atoms with Gasteiger partial charge in [0.25, 0.3) is 0 Å². The van der Waals surface area contributed by atoms with E-state index >= 15 is 0 Å². The summed E-state index contributed by atoms with van der Waals surface area (Å²) < 4.78 is 4.86. The molecule has 15 heavy (non-hydrogen) atoms. The minimum Gasteiger partial charge on any atom is -0.408 e. The largest absolute Gasteiger partial charge is 0.417 e. The highest BCUT2D eigenvalue weighted by Crippen LogP contribution is 2.15. The molecular formula is C11H16N2O2. The summed E-state index contributed by atoms with van der Waals surface area (Å²) in [6.45, 7) is 6.87. The number of hydrogen-bond donors (Lipinski definition) is 2. The number of nitrogens with one attached hydrogen (secondary N) is 2. The van der Waals surface area contributed by atoms with Gasteiger partial charge >= 0.3 is 5.76 Å². The fourth-order valence-corrected chi connectivity index (χ4v) is 1.27. The van der Waals surface area contributed by atoms with Gasteiger partial charge in [-0.3, -0.25) is 4.98 Å². The van der Waals surface area contributed by atoms with Gasteiger partial charge in [-0.2, -0.15) is 0 Å². The monoisotopic (exact) mass is 208 g/mol. The predicted molar refractivity (Wildman–Crippen MR) is 62.3 cm³/mol. The van der Waals surface area contributed by atoms with Gasteiger partial charge in [-0.25, -0.2) is 4.79 Å². The Bertz CT molecular complexity index is 471. The Kier molecular flexibility index (Phi) is 3.97. The molecule has 2 rings (SSSR count). The molecule has 0 fully saturated rings. The van der Waals surface area contributed by atoms with Crippen molar-refractivity contribution < 1.29 is 4.42 Å². The molecule has 1 aromatic heterocycles. The van der Waals surface area contributed by atoms with E-state index in [9.17, 15) is 4.79 Å². The van der Waals surface area contributed by atoms with Crippen LogP contribution in [0.25, 0.3) is 11.1 Å². The van der Waals surface area contributed by atoms with Crippen molar-refractivity contribution >= 4 is 16.8 Å². The first-order valence-corrected chi connectivity index (χ1v) is 5.16. The first-order chi connectivity index (χ1) is 7.29. The third-order valence-corrected chi connectivity index (χ3v) is 1.80. The summed E-state index contributed by atoms with van der Waals surface area (Å²) in [6, 6.07) is 5.50. The van der Waals surface area contributed by atoms with Gasteiger partial charge in [-0.05, 0) is 25.1 Å². The maximum absolute atomic E-state index is 10.8. The van der Waals surface area contributed by atoms with E-state index in [0.717, 1.165) is 17.7 Å². The molecule has 1 heterocycles. The van der Waals surface area contributed by atoms with Gasteiger partial charge in [0.2, 0.25) is 0 Å². The molecule has 0 saturated heterocycles. The molecule has 0 aliphatic carbocycles. The number of anilines is 1. The highest BCUT2D eigenvalue weighted by Gasteiger charge is 2.00. The fourth-order valence-electron chi connectivity index (χ4n) is 1.27. The lowest BCUT2D eigenvalue weighted by molar-refractivity contribution is 0.555. The average molecular weight is 208 g/mol. The van der Waals surface area contributed by atoms with Crippen LogP contribution in [0.2, 0.25) is 0 Å². The van der Waals surface area contributed by atoms with E-state index in [1.165, 1.54) is 0 Å². The third-order valence-electron chi connectivity index (χ3n) is 1.80. The van der Waals surface area contributed by atoms with E-state index in [2.05, 4.69) is 10.3 Å². The molecular weight excluding hydrogens is 192 g/mol. The predicted octanol–water partition coefficient (Wildman–Crippen LogP) is 2.58. The topological polar surface area (TPSA) is 58.0 Å². The normalized spacial score (nSPS) is 9.53. The molecule has 0 aliphatic heterocycles. The van der Waals surface area contributed by atoms with Crippen LogP contribution in [0, 0.1) is 0 Å². The van der Waals surface area contributed by atoms with E-state index in [-0.39, 0.29) is 0 Å². The van der Waals surface area contributed by atoms with Gasteiger partial charge in [-0.1, -0.05) is 13.8 Å². The molecule has 82 valence electrons. The quantitative estimate of drug-likeness (QED) is 0.797. The minimum absolute atomic E-state index is 0.413. The first kappa shape index (κ1) is 11.4. The number of aromatic amines is 1. The van der Waals surface area contributed by atoms with Crippen LogP contribution in [0.15, 0.2) is 27.4 Å². The fraction of sp³-hybridized carbons (Fsp3) is 0.364. The molecule has 0 radical (unpaired) electrons. The van der Waals surface area contributed by atoms with Crippen molar-refractivity contribution in [2.45, 2.75) is 20.8 Å². The molecule has 2 N–H and O–H groups in total. The smallest absolute Gasteiger partial charge is 0.408 e.